The van der Waals surface area contributed by atoms with E-state index in [1.165, 1.54) is 95.5 Å². The van der Waals surface area contributed by atoms with Crippen LogP contribution in [0.15, 0.2) is 30.3 Å². The van der Waals surface area contributed by atoms with Gasteiger partial charge in [0.1, 0.15) is 6.10 Å². The molecule has 0 amide bonds. The Bertz CT molecular complexity index is 431. The third kappa shape index (κ3) is 16.6. The molecule has 29 heavy (non-hydrogen) atoms. The number of hydrogen-bond acceptors (Lipinski definition) is 3. The fraction of sp³-hybridized carbons (Fsp3) is 0.769. The highest BCUT2D eigenvalue weighted by Gasteiger charge is 2.04. The van der Waals surface area contributed by atoms with E-state index in [0.717, 1.165) is 13.0 Å². The molecule has 0 aromatic heterocycles. The van der Waals surface area contributed by atoms with Gasteiger partial charge in [-0.05, 0) is 24.8 Å². The van der Waals surface area contributed by atoms with Crippen LogP contribution in [0.2, 0.25) is 0 Å². The lowest BCUT2D eigenvalue weighted by Crippen LogP contribution is -2.22. The number of benzene rings is 1. The molecule has 1 rings (SSSR count). The minimum absolute atomic E-state index is 0.0330. The predicted molar refractivity (Wildman–Crippen MR) is 123 cm³/mol. The van der Waals surface area contributed by atoms with Gasteiger partial charge in [0.2, 0.25) is 0 Å². The molecular formula is C26H46O3. The van der Waals surface area contributed by atoms with Crippen molar-refractivity contribution in [3.8, 4) is 0 Å². The van der Waals surface area contributed by atoms with Crippen molar-refractivity contribution in [3.63, 3.8) is 0 Å². The standard InChI is InChI=1S/C26H46O3/c1-28-26(23-27)24-29-22-18-13-11-9-7-5-3-2-4-6-8-10-12-15-19-25-20-16-14-17-21-25/h14,16-17,20-21,26-27H,2-13,15,18-19,22-24H2,1H3. The first-order valence-corrected chi connectivity index (χ1v) is 12.1. The van der Waals surface area contributed by atoms with Crippen LogP contribution >= 0.6 is 0 Å². The minimum atomic E-state index is -0.172. The van der Waals surface area contributed by atoms with E-state index in [1.54, 1.807) is 7.11 Å². The summed E-state index contributed by atoms with van der Waals surface area (Å²) in [5, 5.41) is 8.99. The van der Waals surface area contributed by atoms with E-state index in [4.69, 9.17) is 14.6 Å². The van der Waals surface area contributed by atoms with Gasteiger partial charge in [0, 0.05) is 13.7 Å². The molecule has 1 N–H and O–H groups in total. The molecule has 0 bridgehead atoms. The summed E-state index contributed by atoms with van der Waals surface area (Å²) in [5.74, 6) is 0. The average molecular weight is 407 g/mol. The summed E-state index contributed by atoms with van der Waals surface area (Å²) in [6.07, 6.45) is 20.1. The Labute approximate surface area is 180 Å². The Balaban J connectivity index is 1.70. The third-order valence-electron chi connectivity index (χ3n) is 5.69. The summed E-state index contributed by atoms with van der Waals surface area (Å²) in [4.78, 5) is 0. The van der Waals surface area contributed by atoms with E-state index in [9.17, 15) is 0 Å². The van der Waals surface area contributed by atoms with E-state index in [2.05, 4.69) is 30.3 Å². The lowest BCUT2D eigenvalue weighted by Gasteiger charge is -2.12. The van der Waals surface area contributed by atoms with Gasteiger partial charge in [-0.1, -0.05) is 107 Å². The number of methoxy groups -OCH3 is 1. The molecule has 0 heterocycles. The summed E-state index contributed by atoms with van der Waals surface area (Å²) in [5.41, 5.74) is 1.49. The van der Waals surface area contributed by atoms with Crippen LogP contribution in [0, 0.1) is 0 Å². The number of aryl methyl sites for hydroxylation is 1. The highest BCUT2D eigenvalue weighted by Crippen LogP contribution is 2.14. The number of aliphatic hydroxyl groups is 1. The van der Waals surface area contributed by atoms with Crippen LogP contribution in [-0.4, -0.2) is 38.1 Å². The first kappa shape index (κ1) is 26.1. The molecule has 0 aliphatic heterocycles. The molecule has 0 saturated carbocycles. The quantitative estimate of drug-likeness (QED) is 0.230. The molecule has 0 spiro atoms. The van der Waals surface area contributed by atoms with E-state index < -0.39 is 0 Å². The van der Waals surface area contributed by atoms with Gasteiger partial charge in [0.05, 0.1) is 13.2 Å². The molecule has 0 saturated heterocycles. The van der Waals surface area contributed by atoms with Crippen molar-refractivity contribution in [2.75, 3.05) is 26.9 Å². The van der Waals surface area contributed by atoms with Crippen molar-refractivity contribution >= 4 is 0 Å². The minimum Gasteiger partial charge on any atom is -0.394 e. The largest absolute Gasteiger partial charge is 0.394 e. The van der Waals surface area contributed by atoms with Crippen molar-refractivity contribution in [1.29, 1.82) is 0 Å². The summed E-state index contributed by atoms with van der Waals surface area (Å²) in [6, 6.07) is 10.9. The molecule has 168 valence electrons. The number of unbranched alkanes of at least 4 members (excludes halogenated alkanes) is 13. The number of rotatable bonds is 21. The first-order valence-electron chi connectivity index (χ1n) is 12.1. The second-order valence-electron chi connectivity index (χ2n) is 8.30. The number of hydrogen-bond donors (Lipinski definition) is 1. The normalized spacial score (nSPS) is 12.3. The molecule has 1 aromatic rings. The Hall–Kier alpha value is -0.900. The Morgan fingerprint density at radius 2 is 1.17 bits per heavy atom. The van der Waals surface area contributed by atoms with Crippen LogP contribution in [0.3, 0.4) is 0 Å². The SMILES string of the molecule is COC(CO)COCCCCCCCCCCCCCCCCc1ccccc1. The van der Waals surface area contributed by atoms with Gasteiger partial charge in [-0.15, -0.1) is 0 Å². The van der Waals surface area contributed by atoms with Crippen LogP contribution in [-0.2, 0) is 15.9 Å². The van der Waals surface area contributed by atoms with Crippen molar-refractivity contribution in [2.24, 2.45) is 0 Å². The van der Waals surface area contributed by atoms with E-state index >= 15 is 0 Å². The zero-order valence-corrected chi connectivity index (χ0v) is 19.0. The molecule has 1 atom stereocenters. The maximum atomic E-state index is 8.99. The highest BCUT2D eigenvalue weighted by molar-refractivity contribution is 5.14. The van der Waals surface area contributed by atoms with Gasteiger partial charge in [0.25, 0.3) is 0 Å². The van der Waals surface area contributed by atoms with Crippen molar-refractivity contribution in [1.82, 2.24) is 0 Å². The van der Waals surface area contributed by atoms with Gasteiger partial charge in [0.15, 0.2) is 0 Å². The van der Waals surface area contributed by atoms with Crippen LogP contribution in [0.25, 0.3) is 0 Å². The van der Waals surface area contributed by atoms with Crippen LogP contribution in [0.1, 0.15) is 95.5 Å². The molecule has 0 aliphatic rings. The summed E-state index contributed by atoms with van der Waals surface area (Å²) < 4.78 is 10.6. The number of aliphatic hydroxyl groups excluding tert-OH is 1. The Morgan fingerprint density at radius 1 is 0.690 bits per heavy atom. The van der Waals surface area contributed by atoms with Crippen molar-refractivity contribution in [2.45, 2.75) is 102 Å². The van der Waals surface area contributed by atoms with Gasteiger partial charge < -0.3 is 14.6 Å². The third-order valence-corrected chi connectivity index (χ3v) is 5.69. The summed E-state index contributed by atoms with van der Waals surface area (Å²) in [7, 11) is 1.61. The maximum Gasteiger partial charge on any atom is 0.103 e. The molecule has 3 heteroatoms. The number of ether oxygens (including phenoxy) is 2. The molecule has 0 fully saturated rings. The molecule has 0 aliphatic carbocycles. The van der Waals surface area contributed by atoms with Gasteiger partial charge in [-0.2, -0.15) is 0 Å². The monoisotopic (exact) mass is 406 g/mol. The summed E-state index contributed by atoms with van der Waals surface area (Å²) in [6.45, 7) is 1.32. The fourth-order valence-corrected chi connectivity index (χ4v) is 3.71. The fourth-order valence-electron chi connectivity index (χ4n) is 3.71. The maximum absolute atomic E-state index is 8.99. The van der Waals surface area contributed by atoms with Crippen molar-refractivity contribution < 1.29 is 14.6 Å². The van der Waals surface area contributed by atoms with E-state index in [-0.39, 0.29) is 12.7 Å². The van der Waals surface area contributed by atoms with Gasteiger partial charge >= 0.3 is 0 Å². The second-order valence-corrected chi connectivity index (χ2v) is 8.30. The van der Waals surface area contributed by atoms with Crippen LogP contribution < -0.4 is 0 Å². The zero-order chi connectivity index (χ0) is 20.8. The average Bonchev–Trinajstić information content (AvgIpc) is 2.76. The van der Waals surface area contributed by atoms with Crippen LogP contribution in [0.4, 0.5) is 0 Å². The van der Waals surface area contributed by atoms with Gasteiger partial charge in [-0.25, -0.2) is 0 Å². The van der Waals surface area contributed by atoms with Crippen molar-refractivity contribution in [3.05, 3.63) is 35.9 Å². The zero-order valence-electron chi connectivity index (χ0n) is 19.0. The lowest BCUT2D eigenvalue weighted by molar-refractivity contribution is -0.0205. The summed E-state index contributed by atoms with van der Waals surface area (Å²) >= 11 is 0. The highest BCUT2D eigenvalue weighted by atomic mass is 16.5. The van der Waals surface area contributed by atoms with E-state index in [1.807, 2.05) is 0 Å². The first-order chi connectivity index (χ1) is 14.4. The van der Waals surface area contributed by atoms with Gasteiger partial charge in [-0.3, -0.25) is 0 Å². The lowest BCUT2D eigenvalue weighted by atomic mass is 10.0. The van der Waals surface area contributed by atoms with E-state index in [0.29, 0.717) is 6.61 Å². The Kier molecular flexibility index (Phi) is 18.4. The molecule has 1 unspecified atom stereocenters. The predicted octanol–water partition coefficient (Wildman–Crippen LogP) is 6.71. The topological polar surface area (TPSA) is 38.7 Å². The molecule has 0 radical (unpaired) electrons. The second kappa shape index (κ2) is 20.4. The van der Waals surface area contributed by atoms with Crippen LogP contribution in [0.5, 0.6) is 0 Å². The molecule has 1 aromatic carbocycles. The molecular weight excluding hydrogens is 360 g/mol. The smallest absolute Gasteiger partial charge is 0.103 e. The molecule has 3 nitrogen and oxygen atoms in total. The Morgan fingerprint density at radius 3 is 1.66 bits per heavy atom.